The Morgan fingerprint density at radius 2 is 1.48 bits per heavy atom. The number of carbonyl (C=O) groups excluding carboxylic acids is 2. The van der Waals surface area contributed by atoms with Crippen molar-refractivity contribution in [2.75, 3.05) is 10.8 Å². The molecule has 9 heteroatoms. The molecule has 0 aromatic heterocycles. The van der Waals surface area contributed by atoms with Gasteiger partial charge in [0.25, 0.3) is 10.0 Å². The molecule has 1 N–H and O–H groups in total. The molecule has 4 aromatic carbocycles. The lowest BCUT2D eigenvalue weighted by Crippen LogP contribution is -2.55. The van der Waals surface area contributed by atoms with Crippen molar-refractivity contribution in [2.24, 2.45) is 0 Å². The first-order valence-corrected chi connectivity index (χ1v) is 18.0. The highest BCUT2D eigenvalue weighted by Crippen LogP contribution is 2.30. The first kappa shape index (κ1) is 34.8. The lowest BCUT2D eigenvalue weighted by Gasteiger charge is -2.35. The molecule has 1 fully saturated rings. The molecule has 1 aliphatic carbocycles. The van der Waals surface area contributed by atoms with Crippen molar-refractivity contribution in [1.82, 2.24) is 10.2 Å². The van der Waals surface area contributed by atoms with Gasteiger partial charge in [0.05, 0.1) is 10.6 Å². The number of carbonyl (C=O) groups is 2. The van der Waals surface area contributed by atoms with E-state index in [1.807, 2.05) is 57.2 Å². The van der Waals surface area contributed by atoms with Gasteiger partial charge in [0.1, 0.15) is 18.4 Å². The zero-order chi connectivity index (χ0) is 34.3. The van der Waals surface area contributed by atoms with Gasteiger partial charge in [-0.25, -0.2) is 12.8 Å². The number of aryl methyl sites for hydroxylation is 2. The van der Waals surface area contributed by atoms with Crippen LogP contribution in [-0.4, -0.2) is 43.8 Å². The topological polar surface area (TPSA) is 86.8 Å². The average molecular weight is 670 g/mol. The highest BCUT2D eigenvalue weighted by molar-refractivity contribution is 7.92. The van der Waals surface area contributed by atoms with Gasteiger partial charge in [-0.15, -0.1) is 0 Å². The largest absolute Gasteiger partial charge is 0.352 e. The van der Waals surface area contributed by atoms with Crippen LogP contribution in [0.4, 0.5) is 10.1 Å². The lowest BCUT2D eigenvalue weighted by atomic mass is 9.94. The number of nitrogens with zero attached hydrogens (tertiary/aromatic N) is 2. The van der Waals surface area contributed by atoms with E-state index in [1.165, 1.54) is 17.0 Å². The van der Waals surface area contributed by atoms with E-state index in [0.29, 0.717) is 11.3 Å². The molecular formula is C39H44FN3O4S. The SMILES string of the molecule is Cc1ccc(S(=O)(=O)N(CC(=O)N(Cc2ccc(F)cc2)C(Cc2ccccc2)C(=O)NC2CCCCC2)c2cccc(C)c2C)cc1. The molecule has 48 heavy (non-hydrogen) atoms. The molecule has 2 amide bonds. The summed E-state index contributed by atoms with van der Waals surface area (Å²) in [5, 5.41) is 3.21. The summed E-state index contributed by atoms with van der Waals surface area (Å²) in [5.74, 6) is -1.26. The van der Waals surface area contributed by atoms with E-state index >= 15 is 0 Å². The Labute approximate surface area is 283 Å². The van der Waals surface area contributed by atoms with Gasteiger partial charge in [0, 0.05) is 19.0 Å². The molecule has 252 valence electrons. The monoisotopic (exact) mass is 669 g/mol. The van der Waals surface area contributed by atoms with Crippen LogP contribution in [0.25, 0.3) is 0 Å². The van der Waals surface area contributed by atoms with Crippen LogP contribution < -0.4 is 9.62 Å². The zero-order valence-electron chi connectivity index (χ0n) is 27.9. The first-order valence-electron chi connectivity index (χ1n) is 16.6. The zero-order valence-corrected chi connectivity index (χ0v) is 28.7. The van der Waals surface area contributed by atoms with Gasteiger partial charge in [-0.3, -0.25) is 13.9 Å². The van der Waals surface area contributed by atoms with Gasteiger partial charge in [0.2, 0.25) is 11.8 Å². The molecule has 0 saturated heterocycles. The van der Waals surface area contributed by atoms with E-state index in [9.17, 15) is 22.4 Å². The molecule has 0 aliphatic heterocycles. The number of sulfonamides is 1. The number of rotatable bonds is 12. The van der Waals surface area contributed by atoms with E-state index in [0.717, 1.165) is 58.7 Å². The molecule has 4 aromatic rings. The summed E-state index contributed by atoms with van der Waals surface area (Å²) < 4.78 is 43.8. The number of hydrogen-bond acceptors (Lipinski definition) is 4. The quantitative estimate of drug-likeness (QED) is 0.176. The summed E-state index contributed by atoms with van der Waals surface area (Å²) in [7, 11) is -4.21. The number of anilines is 1. The Morgan fingerprint density at radius 1 is 0.812 bits per heavy atom. The maximum absolute atomic E-state index is 14.7. The summed E-state index contributed by atoms with van der Waals surface area (Å²) in [6.45, 7) is 5.05. The fourth-order valence-electron chi connectivity index (χ4n) is 6.24. The predicted molar refractivity (Wildman–Crippen MR) is 188 cm³/mol. The number of hydrogen-bond donors (Lipinski definition) is 1. The summed E-state index contributed by atoms with van der Waals surface area (Å²) in [4.78, 5) is 30.5. The minimum atomic E-state index is -4.21. The maximum Gasteiger partial charge on any atom is 0.264 e. The van der Waals surface area contributed by atoms with Gasteiger partial charge >= 0.3 is 0 Å². The van der Waals surface area contributed by atoms with Crippen LogP contribution in [0.2, 0.25) is 0 Å². The maximum atomic E-state index is 14.7. The van der Waals surface area contributed by atoms with Crippen LogP contribution in [0.1, 0.15) is 59.9 Å². The van der Waals surface area contributed by atoms with Crippen molar-refractivity contribution in [3.8, 4) is 0 Å². The van der Waals surface area contributed by atoms with Crippen LogP contribution in [0.3, 0.4) is 0 Å². The molecule has 7 nitrogen and oxygen atoms in total. The number of benzene rings is 4. The minimum Gasteiger partial charge on any atom is -0.352 e. The Balaban J connectivity index is 1.58. The highest BCUT2D eigenvalue weighted by atomic mass is 32.2. The standard InChI is InChI=1S/C39H44FN3O4S/c1-28-17-23-35(24-18-28)48(46,47)43(36-16-10-11-29(2)30(36)3)27-38(44)42(26-32-19-21-33(40)22-20-32)37(25-31-12-6-4-7-13-31)39(45)41-34-14-8-5-9-15-34/h4,6-7,10-13,16-24,34,37H,5,8-9,14-15,25-27H2,1-3H3,(H,41,45). The molecular weight excluding hydrogens is 626 g/mol. The minimum absolute atomic E-state index is 0.000605. The highest BCUT2D eigenvalue weighted by Gasteiger charge is 2.36. The normalized spacial score (nSPS) is 14.2. The predicted octanol–water partition coefficient (Wildman–Crippen LogP) is 7.04. The van der Waals surface area contributed by atoms with Crippen molar-refractivity contribution < 1.29 is 22.4 Å². The van der Waals surface area contributed by atoms with E-state index in [2.05, 4.69) is 5.32 Å². The fourth-order valence-corrected chi connectivity index (χ4v) is 7.71. The van der Waals surface area contributed by atoms with Crippen molar-refractivity contribution in [3.05, 3.63) is 131 Å². The fraction of sp³-hybridized carbons (Fsp3) is 0.333. The number of nitrogens with one attached hydrogen (secondary N) is 1. The summed E-state index contributed by atoms with van der Waals surface area (Å²) in [5.41, 5.74) is 4.37. The van der Waals surface area contributed by atoms with Crippen LogP contribution in [0.5, 0.6) is 0 Å². The van der Waals surface area contributed by atoms with Gasteiger partial charge in [-0.1, -0.05) is 91.6 Å². The first-order chi connectivity index (χ1) is 23.0. The summed E-state index contributed by atoms with van der Waals surface area (Å²) >= 11 is 0. The van der Waals surface area contributed by atoms with Gasteiger partial charge in [0.15, 0.2) is 0 Å². The van der Waals surface area contributed by atoms with Gasteiger partial charge in [-0.05, 0) is 86.2 Å². The van der Waals surface area contributed by atoms with Crippen LogP contribution in [-0.2, 0) is 32.6 Å². The molecule has 0 heterocycles. The second-order valence-electron chi connectivity index (χ2n) is 12.7. The third-order valence-corrected chi connectivity index (χ3v) is 11.0. The second kappa shape index (κ2) is 15.6. The smallest absolute Gasteiger partial charge is 0.264 e. The summed E-state index contributed by atoms with van der Waals surface area (Å²) in [6, 6.07) is 26.2. The van der Waals surface area contributed by atoms with Crippen molar-refractivity contribution in [1.29, 1.82) is 0 Å². The summed E-state index contributed by atoms with van der Waals surface area (Å²) in [6.07, 6.45) is 5.12. The van der Waals surface area contributed by atoms with E-state index < -0.39 is 34.3 Å². The molecule has 1 unspecified atom stereocenters. The Bertz CT molecular complexity index is 1810. The molecule has 5 rings (SSSR count). The van der Waals surface area contributed by atoms with Gasteiger partial charge in [-0.2, -0.15) is 0 Å². The molecule has 0 radical (unpaired) electrons. The molecule has 0 spiro atoms. The number of amides is 2. The Kier molecular flexibility index (Phi) is 11.3. The molecule has 0 bridgehead atoms. The Morgan fingerprint density at radius 3 is 2.15 bits per heavy atom. The van der Waals surface area contributed by atoms with Gasteiger partial charge < -0.3 is 10.2 Å². The lowest BCUT2D eigenvalue weighted by molar-refractivity contribution is -0.140. The molecule has 1 atom stereocenters. The number of halogens is 1. The van der Waals surface area contributed by atoms with Crippen LogP contribution >= 0.6 is 0 Å². The van der Waals surface area contributed by atoms with E-state index in [-0.39, 0.29) is 29.8 Å². The van der Waals surface area contributed by atoms with Crippen molar-refractivity contribution in [3.63, 3.8) is 0 Å². The average Bonchev–Trinajstić information content (AvgIpc) is 3.08. The van der Waals surface area contributed by atoms with E-state index in [1.54, 1.807) is 48.5 Å². The molecule has 1 saturated carbocycles. The van der Waals surface area contributed by atoms with Crippen LogP contribution in [0, 0.1) is 26.6 Å². The van der Waals surface area contributed by atoms with Crippen molar-refractivity contribution >= 4 is 27.5 Å². The second-order valence-corrected chi connectivity index (χ2v) is 14.6. The third kappa shape index (κ3) is 8.50. The third-order valence-electron chi connectivity index (χ3n) is 9.22. The molecule has 1 aliphatic rings. The van der Waals surface area contributed by atoms with Crippen LogP contribution in [0.15, 0.2) is 102 Å². The van der Waals surface area contributed by atoms with E-state index in [4.69, 9.17) is 0 Å². The Hall–Kier alpha value is -4.50. The van der Waals surface area contributed by atoms with Crippen molar-refractivity contribution in [2.45, 2.75) is 82.8 Å².